The Kier molecular flexibility index (Phi) is 7.86. The number of likely N-dealkylation sites (N-methyl/N-ethyl adjacent to an activating group) is 1. The van der Waals surface area contributed by atoms with Crippen LogP contribution in [0.5, 0.6) is 0 Å². The summed E-state index contributed by atoms with van der Waals surface area (Å²) < 4.78 is 0. The normalized spacial score (nSPS) is 12.5. The molecule has 0 aliphatic rings. The molecule has 8 heteroatoms. The van der Waals surface area contributed by atoms with Crippen LogP contribution in [0.15, 0.2) is 0 Å². The molecule has 0 aliphatic heterocycles. The number of hydrogen-bond donors (Lipinski definition) is 4. The topological polar surface area (TPSA) is 111 Å². The van der Waals surface area contributed by atoms with Crippen molar-refractivity contribution >= 4 is 17.8 Å². The van der Waals surface area contributed by atoms with Crippen molar-refractivity contribution in [1.82, 2.24) is 21.0 Å². The molecule has 0 saturated carbocycles. The van der Waals surface area contributed by atoms with Gasteiger partial charge in [0.25, 0.3) is 5.91 Å². The number of nitrogens with zero attached hydrogens (tertiary/aromatic N) is 1. The van der Waals surface area contributed by atoms with E-state index >= 15 is 0 Å². The van der Waals surface area contributed by atoms with Crippen molar-refractivity contribution in [3.8, 4) is 0 Å². The number of hydrogen-bond acceptors (Lipinski definition) is 4. The van der Waals surface area contributed by atoms with Gasteiger partial charge in [0.2, 0.25) is 5.91 Å². The van der Waals surface area contributed by atoms with Crippen molar-refractivity contribution < 1.29 is 19.6 Å². The van der Waals surface area contributed by atoms with E-state index in [0.29, 0.717) is 6.54 Å². The van der Waals surface area contributed by atoms with Crippen molar-refractivity contribution in [2.75, 3.05) is 20.1 Å². The van der Waals surface area contributed by atoms with Crippen molar-refractivity contribution in [2.24, 2.45) is 11.3 Å². The van der Waals surface area contributed by atoms with Crippen LogP contribution in [0, 0.1) is 11.3 Å². The van der Waals surface area contributed by atoms with Gasteiger partial charge in [-0.15, -0.1) is 0 Å². The van der Waals surface area contributed by atoms with E-state index in [2.05, 4.69) is 10.6 Å². The summed E-state index contributed by atoms with van der Waals surface area (Å²) in [5.74, 6) is -0.870. The zero-order chi connectivity index (χ0) is 17.5. The number of nitrogens with one attached hydrogen (secondary N) is 3. The van der Waals surface area contributed by atoms with Crippen LogP contribution in [0.2, 0.25) is 0 Å². The number of carbonyl (C=O) groups excluding carboxylic acids is 3. The molecule has 0 heterocycles. The number of carbonyl (C=O) groups is 3. The average molecular weight is 316 g/mol. The Morgan fingerprint density at radius 2 is 1.73 bits per heavy atom. The smallest absolute Gasteiger partial charge is 0.318 e. The molecule has 0 aromatic carbocycles. The molecular formula is C14H28N4O4. The molecule has 128 valence electrons. The van der Waals surface area contributed by atoms with E-state index in [0.717, 1.165) is 0 Å². The molecule has 0 aromatic heterocycles. The minimum Gasteiger partial charge on any atom is -0.357 e. The number of urea groups is 1. The lowest BCUT2D eigenvalue weighted by Gasteiger charge is -2.32. The Morgan fingerprint density at radius 3 is 2.09 bits per heavy atom. The first-order valence-electron chi connectivity index (χ1n) is 7.22. The van der Waals surface area contributed by atoms with Gasteiger partial charge in [-0.05, 0) is 11.3 Å². The third-order valence-electron chi connectivity index (χ3n) is 2.97. The van der Waals surface area contributed by atoms with Gasteiger partial charge in [-0.1, -0.05) is 34.6 Å². The molecule has 0 saturated heterocycles. The molecule has 0 bridgehead atoms. The third-order valence-corrected chi connectivity index (χ3v) is 2.97. The van der Waals surface area contributed by atoms with Gasteiger partial charge in [-0.2, -0.15) is 0 Å². The maximum atomic E-state index is 12.4. The highest BCUT2D eigenvalue weighted by Gasteiger charge is 2.33. The van der Waals surface area contributed by atoms with Crippen LogP contribution in [0.4, 0.5) is 4.79 Å². The van der Waals surface area contributed by atoms with Gasteiger partial charge >= 0.3 is 6.03 Å². The van der Waals surface area contributed by atoms with Gasteiger partial charge in [-0.3, -0.25) is 14.8 Å². The molecule has 0 aliphatic carbocycles. The lowest BCUT2D eigenvalue weighted by atomic mass is 9.86. The van der Waals surface area contributed by atoms with E-state index in [1.807, 2.05) is 34.6 Å². The summed E-state index contributed by atoms with van der Waals surface area (Å²) in [5, 5.41) is 13.8. The molecule has 4 amide bonds. The molecule has 0 aromatic rings. The molecule has 0 spiro atoms. The minimum atomic E-state index is -0.739. The van der Waals surface area contributed by atoms with Crippen molar-refractivity contribution in [3.05, 3.63) is 0 Å². The maximum absolute atomic E-state index is 12.4. The Labute approximate surface area is 131 Å². The van der Waals surface area contributed by atoms with Crippen molar-refractivity contribution in [1.29, 1.82) is 0 Å². The summed E-state index contributed by atoms with van der Waals surface area (Å²) in [6.07, 6.45) is 0. The maximum Gasteiger partial charge on any atom is 0.318 e. The van der Waals surface area contributed by atoms with Crippen LogP contribution in [-0.4, -0.2) is 54.1 Å². The van der Waals surface area contributed by atoms with Crippen LogP contribution < -0.4 is 16.1 Å². The van der Waals surface area contributed by atoms with Gasteiger partial charge in [0.15, 0.2) is 0 Å². The molecule has 0 rings (SSSR count). The van der Waals surface area contributed by atoms with E-state index in [9.17, 15) is 14.4 Å². The van der Waals surface area contributed by atoms with Crippen LogP contribution in [0.1, 0.15) is 34.6 Å². The zero-order valence-electron chi connectivity index (χ0n) is 14.2. The summed E-state index contributed by atoms with van der Waals surface area (Å²) in [5.41, 5.74) is 1.01. The number of rotatable bonds is 6. The van der Waals surface area contributed by atoms with Crippen LogP contribution >= 0.6 is 0 Å². The van der Waals surface area contributed by atoms with Crippen molar-refractivity contribution in [3.63, 3.8) is 0 Å². The van der Waals surface area contributed by atoms with E-state index in [1.54, 1.807) is 0 Å². The van der Waals surface area contributed by atoms with Crippen LogP contribution in [0.25, 0.3) is 0 Å². The first-order valence-corrected chi connectivity index (χ1v) is 7.22. The van der Waals surface area contributed by atoms with Crippen molar-refractivity contribution in [2.45, 2.75) is 40.7 Å². The van der Waals surface area contributed by atoms with Gasteiger partial charge in [-0.25, -0.2) is 10.3 Å². The van der Waals surface area contributed by atoms with E-state index < -0.39 is 23.4 Å². The molecule has 22 heavy (non-hydrogen) atoms. The molecule has 4 N–H and O–H groups in total. The van der Waals surface area contributed by atoms with Crippen LogP contribution in [-0.2, 0) is 9.59 Å². The fourth-order valence-electron chi connectivity index (χ4n) is 1.90. The first kappa shape index (κ1) is 20.2. The highest BCUT2D eigenvalue weighted by Crippen LogP contribution is 2.19. The van der Waals surface area contributed by atoms with Gasteiger partial charge in [0.1, 0.15) is 12.6 Å². The van der Waals surface area contributed by atoms with E-state index in [-0.39, 0.29) is 18.4 Å². The summed E-state index contributed by atoms with van der Waals surface area (Å²) in [6.45, 7) is 9.34. The Balaban J connectivity index is 5.11. The second-order valence-corrected chi connectivity index (χ2v) is 6.67. The van der Waals surface area contributed by atoms with Gasteiger partial charge in [0, 0.05) is 13.6 Å². The first-order chi connectivity index (χ1) is 10.0. The molecule has 0 radical (unpaired) electrons. The summed E-state index contributed by atoms with van der Waals surface area (Å²) >= 11 is 0. The largest absolute Gasteiger partial charge is 0.357 e. The highest BCUT2D eigenvalue weighted by molar-refractivity contribution is 5.89. The van der Waals surface area contributed by atoms with Gasteiger partial charge < -0.3 is 15.5 Å². The lowest BCUT2D eigenvalue weighted by Crippen LogP contribution is -2.57. The van der Waals surface area contributed by atoms with E-state index in [1.165, 1.54) is 17.4 Å². The average Bonchev–Trinajstić information content (AvgIpc) is 2.40. The second kappa shape index (κ2) is 8.57. The summed E-state index contributed by atoms with van der Waals surface area (Å²) in [7, 11) is 1.50. The Morgan fingerprint density at radius 1 is 1.18 bits per heavy atom. The standard InChI is InChI=1S/C14H28N4O4/c1-9(2)7-18(8-10(19)17-22)13(21)16-11(12(20)15-6)14(3,4)5/h9,11,22H,7-8H2,1-6H3,(H,15,20)(H,16,21)(H,17,19)/t11-/m0/s1. The Bertz CT molecular complexity index is 404. The Hall–Kier alpha value is -1.83. The van der Waals surface area contributed by atoms with E-state index in [4.69, 9.17) is 5.21 Å². The highest BCUT2D eigenvalue weighted by atomic mass is 16.5. The lowest BCUT2D eigenvalue weighted by molar-refractivity contribution is -0.129. The SMILES string of the molecule is CNC(=O)[C@H](NC(=O)N(CC(=O)NO)CC(C)C)C(C)(C)C. The molecule has 0 fully saturated rings. The second-order valence-electron chi connectivity index (χ2n) is 6.67. The van der Waals surface area contributed by atoms with Gasteiger partial charge in [0.05, 0.1) is 0 Å². The number of amides is 4. The summed E-state index contributed by atoms with van der Waals surface area (Å²) in [6, 6.07) is -1.27. The fourth-order valence-corrected chi connectivity index (χ4v) is 1.90. The molecule has 1 atom stereocenters. The zero-order valence-corrected chi connectivity index (χ0v) is 14.2. The predicted molar refractivity (Wildman–Crippen MR) is 82.2 cm³/mol. The fraction of sp³-hybridized carbons (Fsp3) is 0.786. The van der Waals surface area contributed by atoms with Crippen LogP contribution in [0.3, 0.4) is 0 Å². The predicted octanol–water partition coefficient (Wildman–Crippen LogP) is 0.320. The molecule has 8 nitrogen and oxygen atoms in total. The third kappa shape index (κ3) is 6.75. The molecule has 0 unspecified atom stereocenters. The minimum absolute atomic E-state index is 0.130. The summed E-state index contributed by atoms with van der Waals surface area (Å²) in [4.78, 5) is 36.9. The number of hydroxylamine groups is 1. The monoisotopic (exact) mass is 316 g/mol. The quantitative estimate of drug-likeness (QED) is 0.418. The molecular weight excluding hydrogens is 288 g/mol.